The second-order valence-electron chi connectivity index (χ2n) is 8.22. The van der Waals surface area contributed by atoms with E-state index in [0.29, 0.717) is 38.5 Å². The summed E-state index contributed by atoms with van der Waals surface area (Å²) < 4.78 is 7.96. The molecule has 0 spiro atoms. The van der Waals surface area contributed by atoms with Crippen LogP contribution in [0.3, 0.4) is 0 Å². The highest BCUT2D eigenvalue weighted by atomic mass is 16.5. The predicted molar refractivity (Wildman–Crippen MR) is 120 cm³/mol. The minimum atomic E-state index is -0.476. The van der Waals surface area contributed by atoms with Crippen molar-refractivity contribution in [3.63, 3.8) is 0 Å². The number of fused-ring (bicyclic) bond motifs is 1. The van der Waals surface area contributed by atoms with E-state index in [-0.39, 0.29) is 5.91 Å². The van der Waals surface area contributed by atoms with E-state index in [2.05, 4.69) is 39.9 Å². The van der Waals surface area contributed by atoms with Crippen molar-refractivity contribution in [1.29, 1.82) is 0 Å². The number of aryl methyl sites for hydroxylation is 1. The van der Waals surface area contributed by atoms with Gasteiger partial charge in [0, 0.05) is 33.2 Å². The average Bonchev–Trinajstić information content (AvgIpc) is 3.18. The number of benzene rings is 1. The van der Waals surface area contributed by atoms with E-state index in [1.54, 1.807) is 17.2 Å². The van der Waals surface area contributed by atoms with Gasteiger partial charge in [0.15, 0.2) is 11.8 Å². The lowest BCUT2D eigenvalue weighted by atomic mass is 10.0. The van der Waals surface area contributed by atoms with E-state index in [9.17, 15) is 4.79 Å². The molecular weight excluding hydrogens is 392 g/mol. The molecule has 0 aliphatic carbocycles. The SMILES string of the molecule is CCC(Oc1ccccc1C(C)C)C(=O)N1CCN(c2ncnc3c2cnn3C)CC1. The number of carbonyl (C=O) groups is 1. The van der Waals surface area contributed by atoms with Gasteiger partial charge in [0.25, 0.3) is 5.91 Å². The average molecular weight is 423 g/mol. The fourth-order valence-electron chi connectivity index (χ4n) is 4.07. The summed E-state index contributed by atoms with van der Waals surface area (Å²) in [6.45, 7) is 8.97. The lowest BCUT2D eigenvalue weighted by Gasteiger charge is -2.37. The fourth-order valence-corrected chi connectivity index (χ4v) is 4.07. The zero-order valence-corrected chi connectivity index (χ0v) is 18.7. The summed E-state index contributed by atoms with van der Waals surface area (Å²) in [7, 11) is 1.87. The van der Waals surface area contributed by atoms with Gasteiger partial charge < -0.3 is 14.5 Å². The first-order chi connectivity index (χ1) is 15.0. The largest absolute Gasteiger partial charge is 0.480 e. The third kappa shape index (κ3) is 4.19. The van der Waals surface area contributed by atoms with Crippen LogP contribution in [-0.2, 0) is 11.8 Å². The molecule has 0 saturated carbocycles. The van der Waals surface area contributed by atoms with Gasteiger partial charge in [-0.2, -0.15) is 5.10 Å². The number of piperazine rings is 1. The molecule has 1 atom stereocenters. The number of carbonyl (C=O) groups excluding carboxylic acids is 1. The van der Waals surface area contributed by atoms with Crippen molar-refractivity contribution in [3.8, 4) is 5.75 Å². The Balaban J connectivity index is 1.43. The fraction of sp³-hybridized carbons (Fsp3) is 0.478. The highest BCUT2D eigenvalue weighted by molar-refractivity contribution is 5.87. The molecule has 1 aromatic carbocycles. The Labute approximate surface area is 182 Å². The summed E-state index contributed by atoms with van der Waals surface area (Å²) in [6.07, 6.45) is 3.53. The van der Waals surface area contributed by atoms with Crippen LogP contribution >= 0.6 is 0 Å². The Morgan fingerprint density at radius 2 is 1.87 bits per heavy atom. The molecule has 8 heteroatoms. The van der Waals surface area contributed by atoms with E-state index in [0.717, 1.165) is 28.2 Å². The van der Waals surface area contributed by atoms with Crippen LogP contribution in [0.1, 0.15) is 38.7 Å². The van der Waals surface area contributed by atoms with Gasteiger partial charge in [-0.05, 0) is 24.0 Å². The smallest absolute Gasteiger partial charge is 0.263 e. The van der Waals surface area contributed by atoms with Crippen molar-refractivity contribution in [3.05, 3.63) is 42.4 Å². The zero-order chi connectivity index (χ0) is 22.0. The topological polar surface area (TPSA) is 76.4 Å². The van der Waals surface area contributed by atoms with E-state index in [4.69, 9.17) is 4.74 Å². The molecule has 2 aromatic heterocycles. The highest BCUT2D eigenvalue weighted by Gasteiger charge is 2.29. The van der Waals surface area contributed by atoms with Gasteiger partial charge in [0.2, 0.25) is 0 Å². The molecule has 164 valence electrons. The maximum Gasteiger partial charge on any atom is 0.263 e. The predicted octanol–water partition coefficient (Wildman–Crippen LogP) is 2.99. The normalized spacial score (nSPS) is 15.5. The van der Waals surface area contributed by atoms with Crippen molar-refractivity contribution in [2.45, 2.75) is 39.2 Å². The number of para-hydroxylation sites is 1. The van der Waals surface area contributed by atoms with Crippen molar-refractivity contribution in [1.82, 2.24) is 24.6 Å². The van der Waals surface area contributed by atoms with Gasteiger partial charge in [-0.1, -0.05) is 39.0 Å². The van der Waals surface area contributed by atoms with Crippen LogP contribution in [0.2, 0.25) is 0 Å². The van der Waals surface area contributed by atoms with Crippen molar-refractivity contribution < 1.29 is 9.53 Å². The van der Waals surface area contributed by atoms with E-state index < -0.39 is 6.10 Å². The second-order valence-corrected chi connectivity index (χ2v) is 8.22. The summed E-state index contributed by atoms with van der Waals surface area (Å²) in [5.41, 5.74) is 1.94. The van der Waals surface area contributed by atoms with Crippen LogP contribution < -0.4 is 9.64 Å². The Morgan fingerprint density at radius 3 is 2.58 bits per heavy atom. The Hall–Kier alpha value is -3.16. The Morgan fingerprint density at radius 1 is 1.13 bits per heavy atom. The molecule has 1 aliphatic heterocycles. The molecule has 0 bridgehead atoms. The molecule has 4 rings (SSSR count). The summed E-state index contributed by atoms with van der Waals surface area (Å²) in [5, 5.41) is 5.23. The maximum atomic E-state index is 13.2. The van der Waals surface area contributed by atoms with Crippen molar-refractivity contribution in [2.24, 2.45) is 7.05 Å². The Kier molecular flexibility index (Phi) is 6.06. The molecule has 8 nitrogen and oxygen atoms in total. The summed E-state index contributed by atoms with van der Waals surface area (Å²) in [6, 6.07) is 7.99. The first-order valence-corrected chi connectivity index (χ1v) is 10.9. The van der Waals surface area contributed by atoms with E-state index >= 15 is 0 Å². The van der Waals surface area contributed by atoms with Crippen LogP contribution in [0.25, 0.3) is 11.0 Å². The monoisotopic (exact) mass is 422 g/mol. The van der Waals surface area contributed by atoms with Crippen LogP contribution in [0, 0.1) is 0 Å². The molecule has 3 heterocycles. The van der Waals surface area contributed by atoms with E-state index in [1.165, 1.54) is 0 Å². The number of amides is 1. The number of rotatable bonds is 6. The van der Waals surface area contributed by atoms with E-state index in [1.807, 2.05) is 37.1 Å². The van der Waals surface area contributed by atoms with Gasteiger partial charge >= 0.3 is 0 Å². The molecule has 0 N–H and O–H groups in total. The molecule has 31 heavy (non-hydrogen) atoms. The number of aromatic nitrogens is 4. The molecular formula is C23H30N6O2. The lowest BCUT2D eigenvalue weighted by molar-refractivity contribution is -0.139. The first-order valence-electron chi connectivity index (χ1n) is 10.9. The molecule has 3 aromatic rings. The summed E-state index contributed by atoms with van der Waals surface area (Å²) >= 11 is 0. The second kappa shape index (κ2) is 8.91. The van der Waals surface area contributed by atoms with Crippen LogP contribution in [-0.4, -0.2) is 62.8 Å². The number of ether oxygens (including phenoxy) is 1. The molecule has 0 radical (unpaired) electrons. The van der Waals surface area contributed by atoms with Crippen molar-refractivity contribution in [2.75, 3.05) is 31.1 Å². The number of nitrogens with zero attached hydrogens (tertiary/aromatic N) is 6. The highest BCUT2D eigenvalue weighted by Crippen LogP contribution is 2.28. The van der Waals surface area contributed by atoms with Crippen LogP contribution in [0.5, 0.6) is 5.75 Å². The number of hydrogen-bond donors (Lipinski definition) is 0. The lowest BCUT2D eigenvalue weighted by Crippen LogP contribution is -2.52. The van der Waals surface area contributed by atoms with Gasteiger partial charge in [-0.15, -0.1) is 0 Å². The third-order valence-electron chi connectivity index (χ3n) is 5.86. The first kappa shape index (κ1) is 21.1. The molecule has 1 amide bonds. The summed E-state index contributed by atoms with van der Waals surface area (Å²) in [4.78, 5) is 26.1. The minimum Gasteiger partial charge on any atom is -0.480 e. The van der Waals surface area contributed by atoms with Gasteiger partial charge in [-0.25, -0.2) is 9.97 Å². The van der Waals surface area contributed by atoms with Gasteiger partial charge in [0.05, 0.1) is 11.6 Å². The summed E-state index contributed by atoms with van der Waals surface area (Å²) in [5.74, 6) is 2.06. The standard InChI is InChI=1S/C23H30N6O2/c1-5-19(31-20-9-7-6-8-17(20)16(2)3)23(30)29-12-10-28(11-13-29)22-18-14-26-27(4)21(18)24-15-25-22/h6-9,14-16,19H,5,10-13H2,1-4H3. The molecule has 1 saturated heterocycles. The van der Waals surface area contributed by atoms with Crippen LogP contribution in [0.4, 0.5) is 5.82 Å². The minimum absolute atomic E-state index is 0.0509. The zero-order valence-electron chi connectivity index (χ0n) is 18.7. The van der Waals surface area contributed by atoms with Gasteiger partial charge in [-0.3, -0.25) is 9.48 Å². The maximum absolute atomic E-state index is 13.2. The number of hydrogen-bond acceptors (Lipinski definition) is 6. The Bertz CT molecular complexity index is 1060. The van der Waals surface area contributed by atoms with Gasteiger partial charge in [0.1, 0.15) is 17.9 Å². The van der Waals surface area contributed by atoms with Crippen LogP contribution in [0.15, 0.2) is 36.8 Å². The quantitative estimate of drug-likeness (QED) is 0.608. The molecule has 1 aliphatic rings. The number of anilines is 1. The third-order valence-corrected chi connectivity index (χ3v) is 5.86. The molecule has 1 unspecified atom stereocenters. The molecule has 1 fully saturated rings. The van der Waals surface area contributed by atoms with Crippen molar-refractivity contribution >= 4 is 22.8 Å².